The van der Waals surface area contributed by atoms with Crippen LogP contribution in [0.4, 0.5) is 5.69 Å². The highest BCUT2D eigenvalue weighted by atomic mass is 79.9. The number of nitrogens with two attached hydrogens (primary N) is 1. The number of fused-ring (bicyclic) bond motifs is 1. The molecular weight excluding hydrogens is 532 g/mol. The van der Waals surface area contributed by atoms with Crippen molar-refractivity contribution in [2.24, 2.45) is 0 Å². The van der Waals surface area contributed by atoms with Crippen molar-refractivity contribution in [3.8, 4) is 17.2 Å². The zero-order chi connectivity index (χ0) is 26.5. The van der Waals surface area contributed by atoms with E-state index in [1.165, 1.54) is 5.56 Å². The first-order valence-corrected chi connectivity index (χ1v) is 13.5. The highest BCUT2D eigenvalue weighted by Crippen LogP contribution is 2.42. The van der Waals surface area contributed by atoms with Crippen molar-refractivity contribution in [2.45, 2.75) is 45.6 Å². The minimum Gasteiger partial charge on any atom is -0.495 e. The third-order valence-corrected chi connectivity index (χ3v) is 7.40. The van der Waals surface area contributed by atoms with E-state index in [0.29, 0.717) is 48.9 Å². The lowest BCUT2D eigenvalue weighted by Crippen LogP contribution is -2.40. The van der Waals surface area contributed by atoms with Gasteiger partial charge in [0.15, 0.2) is 11.5 Å². The second-order valence-corrected chi connectivity index (χ2v) is 10.3. The summed E-state index contributed by atoms with van der Waals surface area (Å²) in [5, 5.41) is 0. The largest absolute Gasteiger partial charge is 0.495 e. The van der Waals surface area contributed by atoms with E-state index in [1.807, 2.05) is 36.1 Å². The number of aryl methyl sites for hydroxylation is 1. The summed E-state index contributed by atoms with van der Waals surface area (Å²) in [4.78, 5) is 15.2. The fourth-order valence-electron chi connectivity index (χ4n) is 5.02. The molecular formula is C30H35BrN2O4. The van der Waals surface area contributed by atoms with E-state index >= 15 is 0 Å². The van der Waals surface area contributed by atoms with E-state index in [0.717, 1.165) is 39.6 Å². The molecule has 3 aromatic carbocycles. The molecule has 7 heteroatoms. The second-order valence-electron chi connectivity index (χ2n) is 9.37. The van der Waals surface area contributed by atoms with Crippen LogP contribution in [0.15, 0.2) is 53.0 Å². The smallest absolute Gasteiger partial charge is 0.223 e. The summed E-state index contributed by atoms with van der Waals surface area (Å²) < 4.78 is 18.2. The van der Waals surface area contributed by atoms with Crippen LogP contribution >= 0.6 is 15.9 Å². The molecule has 3 aromatic rings. The van der Waals surface area contributed by atoms with Gasteiger partial charge in [-0.25, -0.2) is 0 Å². The molecule has 1 amide bonds. The summed E-state index contributed by atoms with van der Waals surface area (Å²) in [5.74, 6) is 2.22. The van der Waals surface area contributed by atoms with Crippen molar-refractivity contribution >= 4 is 27.5 Å². The fourth-order valence-corrected chi connectivity index (χ4v) is 5.50. The molecule has 1 atom stereocenters. The summed E-state index contributed by atoms with van der Waals surface area (Å²) >= 11 is 3.58. The Balaban J connectivity index is 1.67. The maximum Gasteiger partial charge on any atom is 0.223 e. The molecule has 6 nitrogen and oxygen atoms in total. The first kappa shape index (κ1) is 26.9. The molecule has 0 bridgehead atoms. The summed E-state index contributed by atoms with van der Waals surface area (Å²) in [6.07, 6.45) is 2.82. The summed E-state index contributed by atoms with van der Waals surface area (Å²) in [6, 6.07) is 16.0. The molecule has 0 fully saturated rings. The number of halogens is 1. The molecule has 1 aliphatic rings. The fraction of sp³-hybridized carbons (Fsp3) is 0.367. The first-order chi connectivity index (χ1) is 17.9. The molecule has 4 rings (SSSR count). The molecule has 0 spiro atoms. The van der Waals surface area contributed by atoms with Crippen molar-refractivity contribution < 1.29 is 19.0 Å². The van der Waals surface area contributed by atoms with Crippen molar-refractivity contribution in [3.63, 3.8) is 0 Å². The molecule has 1 heterocycles. The van der Waals surface area contributed by atoms with Crippen LogP contribution in [0, 0.1) is 6.92 Å². The highest BCUT2D eigenvalue weighted by molar-refractivity contribution is 9.10. The first-order valence-electron chi connectivity index (χ1n) is 12.7. The van der Waals surface area contributed by atoms with E-state index < -0.39 is 0 Å². The zero-order valence-corrected chi connectivity index (χ0v) is 23.6. The zero-order valence-electron chi connectivity index (χ0n) is 22.0. The Labute approximate surface area is 227 Å². The number of carbonyl (C=O) groups is 1. The van der Waals surface area contributed by atoms with Crippen LogP contribution in [0.1, 0.15) is 53.6 Å². The predicted octanol–water partition coefficient (Wildman–Crippen LogP) is 6.25. The van der Waals surface area contributed by atoms with E-state index in [4.69, 9.17) is 19.9 Å². The quantitative estimate of drug-likeness (QED) is 0.310. The summed E-state index contributed by atoms with van der Waals surface area (Å²) in [5.41, 5.74) is 12.3. The predicted molar refractivity (Wildman–Crippen MR) is 151 cm³/mol. The van der Waals surface area contributed by atoms with Gasteiger partial charge in [0.1, 0.15) is 5.75 Å². The van der Waals surface area contributed by atoms with Gasteiger partial charge in [-0.1, -0.05) is 35.0 Å². The van der Waals surface area contributed by atoms with Gasteiger partial charge in [-0.05, 0) is 84.0 Å². The van der Waals surface area contributed by atoms with Gasteiger partial charge >= 0.3 is 0 Å². The van der Waals surface area contributed by atoms with Gasteiger partial charge in [0.2, 0.25) is 5.91 Å². The molecule has 1 unspecified atom stereocenters. The molecule has 0 aromatic heterocycles. The van der Waals surface area contributed by atoms with Gasteiger partial charge in [-0.3, -0.25) is 4.79 Å². The van der Waals surface area contributed by atoms with E-state index in [2.05, 4.69) is 47.1 Å². The van der Waals surface area contributed by atoms with Crippen LogP contribution in [0.3, 0.4) is 0 Å². The average Bonchev–Trinajstić information content (AvgIpc) is 2.88. The normalized spacial score (nSPS) is 14.7. The molecule has 0 saturated carbocycles. The molecule has 0 radical (unpaired) electrons. The van der Waals surface area contributed by atoms with Crippen molar-refractivity contribution in [3.05, 3.63) is 80.8 Å². The summed E-state index contributed by atoms with van der Waals surface area (Å²) in [6.45, 7) is 5.27. The second kappa shape index (κ2) is 11.9. The average molecular weight is 568 g/mol. The number of ether oxygens (including phenoxy) is 3. The Morgan fingerprint density at radius 2 is 1.81 bits per heavy atom. The molecule has 0 saturated heterocycles. The number of methoxy groups -OCH3 is 2. The topological polar surface area (TPSA) is 74.0 Å². The summed E-state index contributed by atoms with van der Waals surface area (Å²) in [7, 11) is 3.27. The van der Waals surface area contributed by atoms with Gasteiger partial charge in [-0.2, -0.15) is 0 Å². The van der Waals surface area contributed by atoms with Gasteiger partial charge in [0, 0.05) is 23.9 Å². The molecule has 1 aliphatic heterocycles. The monoisotopic (exact) mass is 566 g/mol. The Morgan fingerprint density at radius 1 is 1.03 bits per heavy atom. The van der Waals surface area contributed by atoms with Gasteiger partial charge < -0.3 is 24.8 Å². The van der Waals surface area contributed by atoms with Crippen LogP contribution < -0.4 is 19.9 Å². The number of rotatable bonds is 9. The molecule has 0 aliphatic carbocycles. The maximum atomic E-state index is 13.2. The van der Waals surface area contributed by atoms with Crippen molar-refractivity contribution in [1.29, 1.82) is 0 Å². The van der Waals surface area contributed by atoms with E-state index in [9.17, 15) is 4.79 Å². The lowest BCUT2D eigenvalue weighted by atomic mass is 9.85. The third kappa shape index (κ3) is 5.87. The number of hydrogen-bond donors (Lipinski definition) is 1. The van der Waals surface area contributed by atoms with Crippen molar-refractivity contribution in [1.82, 2.24) is 4.90 Å². The number of amides is 1. The Hall–Kier alpha value is -3.19. The van der Waals surface area contributed by atoms with Gasteiger partial charge in [0.25, 0.3) is 0 Å². The van der Waals surface area contributed by atoms with Crippen LogP contribution in [0.5, 0.6) is 17.2 Å². The standard InChI is InChI=1S/C30H35BrN2O4/c1-5-6-29(34)33-13-11-21-17-27(36-4)28(37-14-12-20-7-10-26(35-3)25(32)16-20)18-24(21)30(33)23-9-8-22(31)15-19(23)2/h7-10,15-18,30H,5-6,11-14,32H2,1-4H3. The van der Waals surface area contributed by atoms with Gasteiger partial charge in [-0.15, -0.1) is 0 Å². The minimum atomic E-state index is -0.175. The Morgan fingerprint density at radius 3 is 2.49 bits per heavy atom. The van der Waals surface area contributed by atoms with Crippen LogP contribution in [-0.2, 0) is 17.6 Å². The third-order valence-electron chi connectivity index (χ3n) is 6.91. The number of nitrogens with zero attached hydrogens (tertiary/aromatic N) is 1. The number of carbonyl (C=O) groups excluding carboxylic acids is 1. The van der Waals surface area contributed by atoms with Gasteiger partial charge in [0.05, 0.1) is 32.6 Å². The van der Waals surface area contributed by atoms with E-state index in [-0.39, 0.29) is 11.9 Å². The number of benzene rings is 3. The van der Waals surface area contributed by atoms with Crippen LogP contribution in [0.2, 0.25) is 0 Å². The number of anilines is 1. The van der Waals surface area contributed by atoms with Crippen LogP contribution in [-0.4, -0.2) is 38.2 Å². The maximum absolute atomic E-state index is 13.2. The number of nitrogen functional groups attached to an aromatic ring is 1. The minimum absolute atomic E-state index is 0.175. The highest BCUT2D eigenvalue weighted by Gasteiger charge is 2.33. The SMILES string of the molecule is CCCC(=O)N1CCc2cc(OC)c(OCCc3ccc(OC)c(N)c3)cc2C1c1ccc(Br)cc1C. The molecule has 2 N–H and O–H groups in total. The van der Waals surface area contributed by atoms with Crippen molar-refractivity contribution in [2.75, 3.05) is 33.1 Å². The lowest BCUT2D eigenvalue weighted by Gasteiger charge is -2.39. The van der Waals surface area contributed by atoms with Crippen LogP contribution in [0.25, 0.3) is 0 Å². The van der Waals surface area contributed by atoms with E-state index in [1.54, 1.807) is 14.2 Å². The molecule has 37 heavy (non-hydrogen) atoms. The lowest BCUT2D eigenvalue weighted by molar-refractivity contribution is -0.133. The Kier molecular flexibility index (Phi) is 8.64. The molecule has 196 valence electrons. The Bertz CT molecular complexity index is 1280. The number of hydrogen-bond acceptors (Lipinski definition) is 5.